The molecule has 0 aromatic carbocycles. The van der Waals surface area contributed by atoms with Crippen LogP contribution in [-0.2, 0) is 0 Å². The van der Waals surface area contributed by atoms with E-state index in [-0.39, 0.29) is 0 Å². The van der Waals surface area contributed by atoms with Crippen LogP contribution in [0.1, 0.15) is 42.9 Å². The molecule has 1 aromatic rings. The van der Waals surface area contributed by atoms with Gasteiger partial charge in [0.1, 0.15) is 17.6 Å². The Morgan fingerprint density at radius 3 is 2.80 bits per heavy atom. The topological polar surface area (TPSA) is 46.0 Å². The molecule has 0 bridgehead atoms. The first-order valence-electron chi connectivity index (χ1n) is 5.20. The molecule has 0 aliphatic heterocycles. The SMILES string of the molecule is Cc1cc(C#C[C@H](C)O)nc(C2CC2)n1. The van der Waals surface area contributed by atoms with Crippen molar-refractivity contribution in [1.82, 2.24) is 9.97 Å². The number of aliphatic hydroxyl groups excluding tert-OH is 1. The van der Waals surface area contributed by atoms with Crippen molar-refractivity contribution in [2.45, 2.75) is 38.7 Å². The third-order valence-electron chi connectivity index (χ3n) is 2.22. The highest BCUT2D eigenvalue weighted by Gasteiger charge is 2.26. The second-order valence-electron chi connectivity index (χ2n) is 3.97. The second kappa shape index (κ2) is 4.00. The van der Waals surface area contributed by atoms with E-state index in [4.69, 9.17) is 5.11 Å². The molecule has 3 heteroatoms. The van der Waals surface area contributed by atoms with Gasteiger partial charge in [-0.2, -0.15) is 0 Å². The summed E-state index contributed by atoms with van der Waals surface area (Å²) in [7, 11) is 0. The minimum absolute atomic E-state index is 0.539. The molecule has 1 atom stereocenters. The Bertz CT molecular complexity index is 425. The van der Waals surface area contributed by atoms with Crippen molar-refractivity contribution in [3.8, 4) is 11.8 Å². The van der Waals surface area contributed by atoms with Crippen LogP contribution >= 0.6 is 0 Å². The predicted octanol–water partition coefficient (Wildman–Crippen LogP) is 1.39. The Balaban J connectivity index is 2.28. The first-order chi connectivity index (χ1) is 7.15. The molecule has 1 aliphatic rings. The van der Waals surface area contributed by atoms with Crippen molar-refractivity contribution in [3.63, 3.8) is 0 Å². The molecule has 1 heterocycles. The van der Waals surface area contributed by atoms with E-state index in [1.54, 1.807) is 6.92 Å². The fraction of sp³-hybridized carbons (Fsp3) is 0.500. The van der Waals surface area contributed by atoms with Crippen LogP contribution in [0, 0.1) is 18.8 Å². The van der Waals surface area contributed by atoms with Crippen LogP contribution in [0.5, 0.6) is 0 Å². The third-order valence-corrected chi connectivity index (χ3v) is 2.22. The normalized spacial score (nSPS) is 16.7. The molecule has 1 saturated carbocycles. The summed E-state index contributed by atoms with van der Waals surface area (Å²) in [6.45, 7) is 3.59. The summed E-state index contributed by atoms with van der Waals surface area (Å²) >= 11 is 0. The molecule has 2 rings (SSSR count). The van der Waals surface area contributed by atoms with E-state index < -0.39 is 6.10 Å². The molecule has 0 saturated heterocycles. The fourth-order valence-corrected chi connectivity index (χ4v) is 1.36. The Morgan fingerprint density at radius 2 is 2.20 bits per heavy atom. The van der Waals surface area contributed by atoms with Crippen LogP contribution in [0.15, 0.2) is 6.07 Å². The molecule has 0 radical (unpaired) electrons. The molecule has 1 aliphatic carbocycles. The van der Waals surface area contributed by atoms with E-state index >= 15 is 0 Å². The van der Waals surface area contributed by atoms with Gasteiger partial charge in [-0.15, -0.1) is 0 Å². The van der Waals surface area contributed by atoms with Crippen molar-refractivity contribution in [3.05, 3.63) is 23.3 Å². The Kier molecular flexibility index (Phi) is 2.70. The average molecular weight is 202 g/mol. The molecule has 1 fully saturated rings. The lowest BCUT2D eigenvalue weighted by atomic mass is 10.3. The van der Waals surface area contributed by atoms with Crippen molar-refractivity contribution < 1.29 is 5.11 Å². The smallest absolute Gasteiger partial charge is 0.133 e. The maximum atomic E-state index is 9.06. The van der Waals surface area contributed by atoms with E-state index in [9.17, 15) is 0 Å². The molecule has 78 valence electrons. The van der Waals surface area contributed by atoms with Crippen LogP contribution in [0.2, 0.25) is 0 Å². The zero-order valence-corrected chi connectivity index (χ0v) is 8.99. The van der Waals surface area contributed by atoms with Crippen molar-refractivity contribution in [2.24, 2.45) is 0 Å². The van der Waals surface area contributed by atoms with Crippen molar-refractivity contribution >= 4 is 0 Å². The van der Waals surface area contributed by atoms with E-state index in [1.807, 2.05) is 13.0 Å². The van der Waals surface area contributed by atoms with Crippen LogP contribution in [0.25, 0.3) is 0 Å². The molecule has 1 N–H and O–H groups in total. The number of aromatic nitrogens is 2. The summed E-state index contributed by atoms with van der Waals surface area (Å²) in [4.78, 5) is 8.75. The Morgan fingerprint density at radius 1 is 1.47 bits per heavy atom. The standard InChI is InChI=1S/C12H14N2O/c1-8-7-11(6-3-9(2)15)14-12(13-8)10-4-5-10/h7,9-10,15H,4-5H2,1-2H3/t9-/m0/s1. The van der Waals surface area contributed by atoms with Gasteiger partial charge in [-0.1, -0.05) is 5.92 Å². The van der Waals surface area contributed by atoms with Crippen molar-refractivity contribution in [1.29, 1.82) is 0 Å². The maximum absolute atomic E-state index is 9.06. The average Bonchev–Trinajstić information content (AvgIpc) is 2.97. The summed E-state index contributed by atoms with van der Waals surface area (Å²) < 4.78 is 0. The number of hydrogen-bond donors (Lipinski definition) is 1. The summed E-state index contributed by atoms with van der Waals surface area (Å²) in [5.74, 6) is 6.99. The van der Waals surface area contributed by atoms with Gasteiger partial charge >= 0.3 is 0 Å². The molecule has 0 unspecified atom stereocenters. The summed E-state index contributed by atoms with van der Waals surface area (Å²) in [5.41, 5.74) is 1.66. The van der Waals surface area contributed by atoms with E-state index in [0.717, 1.165) is 11.5 Å². The zero-order valence-electron chi connectivity index (χ0n) is 8.99. The van der Waals surface area contributed by atoms with Gasteiger partial charge in [0.05, 0.1) is 0 Å². The van der Waals surface area contributed by atoms with Gasteiger partial charge in [0, 0.05) is 11.6 Å². The highest BCUT2D eigenvalue weighted by molar-refractivity contribution is 5.30. The predicted molar refractivity (Wildman–Crippen MR) is 57.3 cm³/mol. The highest BCUT2D eigenvalue weighted by atomic mass is 16.3. The molecule has 1 aromatic heterocycles. The molecule has 0 amide bonds. The molecular weight excluding hydrogens is 188 g/mol. The quantitative estimate of drug-likeness (QED) is 0.700. The lowest BCUT2D eigenvalue weighted by molar-refractivity contribution is 0.253. The van der Waals surface area contributed by atoms with Crippen LogP contribution in [-0.4, -0.2) is 21.2 Å². The second-order valence-corrected chi connectivity index (χ2v) is 3.97. The van der Waals surface area contributed by atoms with Crippen molar-refractivity contribution in [2.75, 3.05) is 0 Å². The van der Waals surface area contributed by atoms with Gasteiger partial charge in [-0.25, -0.2) is 9.97 Å². The van der Waals surface area contributed by atoms with Crippen LogP contribution < -0.4 is 0 Å². The van der Waals surface area contributed by atoms with Gasteiger partial charge in [0.15, 0.2) is 0 Å². The van der Waals surface area contributed by atoms with E-state index in [1.165, 1.54) is 12.8 Å². The number of hydrogen-bond acceptors (Lipinski definition) is 3. The van der Waals surface area contributed by atoms with Gasteiger partial charge in [0.2, 0.25) is 0 Å². The number of rotatable bonds is 1. The van der Waals surface area contributed by atoms with Gasteiger partial charge in [0.25, 0.3) is 0 Å². The number of nitrogens with zero attached hydrogens (tertiary/aromatic N) is 2. The first kappa shape index (κ1) is 10.1. The lowest BCUT2D eigenvalue weighted by Crippen LogP contribution is -1.99. The largest absolute Gasteiger partial charge is 0.381 e. The molecule has 0 spiro atoms. The van der Waals surface area contributed by atoms with Crippen LogP contribution in [0.3, 0.4) is 0 Å². The summed E-state index contributed by atoms with van der Waals surface area (Å²) in [5, 5.41) is 9.06. The third kappa shape index (κ3) is 2.77. The van der Waals surface area contributed by atoms with Gasteiger partial charge < -0.3 is 5.11 Å². The van der Waals surface area contributed by atoms with Crippen LogP contribution in [0.4, 0.5) is 0 Å². The van der Waals surface area contributed by atoms with Gasteiger partial charge in [-0.3, -0.25) is 0 Å². The minimum atomic E-state index is -0.607. The Labute approximate surface area is 89.6 Å². The number of aliphatic hydroxyl groups is 1. The molecular formula is C12H14N2O. The number of aryl methyl sites for hydroxylation is 1. The molecule has 3 nitrogen and oxygen atoms in total. The van der Waals surface area contributed by atoms with Gasteiger partial charge in [-0.05, 0) is 38.7 Å². The maximum Gasteiger partial charge on any atom is 0.133 e. The summed E-state index contributed by atoms with van der Waals surface area (Å²) in [6, 6.07) is 1.85. The highest BCUT2D eigenvalue weighted by Crippen LogP contribution is 2.37. The minimum Gasteiger partial charge on any atom is -0.381 e. The zero-order chi connectivity index (χ0) is 10.8. The monoisotopic (exact) mass is 202 g/mol. The first-order valence-corrected chi connectivity index (χ1v) is 5.20. The fourth-order valence-electron chi connectivity index (χ4n) is 1.36. The lowest BCUT2D eigenvalue weighted by Gasteiger charge is -1.99. The summed E-state index contributed by atoms with van der Waals surface area (Å²) in [6.07, 6.45) is 1.77. The van der Waals surface area contributed by atoms with E-state index in [0.29, 0.717) is 11.6 Å². The Hall–Kier alpha value is -1.40. The van der Waals surface area contributed by atoms with E-state index in [2.05, 4.69) is 21.8 Å². The molecule has 15 heavy (non-hydrogen) atoms.